The zero-order valence-electron chi connectivity index (χ0n) is 15.7. The van der Waals surface area contributed by atoms with E-state index >= 15 is 0 Å². The molecule has 0 radical (unpaired) electrons. The minimum Gasteiger partial charge on any atom is -0.235 e. The lowest BCUT2D eigenvalue weighted by Gasteiger charge is -2.14. The van der Waals surface area contributed by atoms with Crippen molar-refractivity contribution in [3.8, 4) is 22.4 Å². The highest BCUT2D eigenvalue weighted by atomic mass is 35.7. The van der Waals surface area contributed by atoms with Crippen molar-refractivity contribution < 1.29 is 21.6 Å². The zero-order valence-corrected chi connectivity index (χ0v) is 18.0. The van der Waals surface area contributed by atoms with Crippen LogP contribution in [-0.2, 0) is 15.2 Å². The van der Waals surface area contributed by atoms with Crippen LogP contribution in [0, 0.1) is 6.92 Å². The Morgan fingerprint density at radius 1 is 1.00 bits per heavy atom. The quantitative estimate of drug-likeness (QED) is 0.335. The van der Waals surface area contributed by atoms with Gasteiger partial charge in [-0.1, -0.05) is 41.9 Å². The molecule has 0 atom stereocenters. The van der Waals surface area contributed by atoms with Gasteiger partial charge >= 0.3 is 6.18 Å². The van der Waals surface area contributed by atoms with Gasteiger partial charge in [0.15, 0.2) is 5.65 Å². The molecule has 0 bridgehead atoms. The van der Waals surface area contributed by atoms with Gasteiger partial charge in [0.25, 0.3) is 9.05 Å². The number of nitrogens with zero attached hydrogens (tertiary/aromatic N) is 3. The Bertz CT molecular complexity index is 1420. The molecule has 11 heteroatoms. The van der Waals surface area contributed by atoms with Gasteiger partial charge in [-0.25, -0.2) is 17.9 Å². The van der Waals surface area contributed by atoms with Gasteiger partial charge in [0.1, 0.15) is 4.90 Å². The van der Waals surface area contributed by atoms with Crippen LogP contribution in [0.3, 0.4) is 0 Å². The maximum Gasteiger partial charge on any atom is 0.416 e. The SMILES string of the molecule is Cc1nn2c(-c3ccc(C(F)(F)F)cc3)c(-c3ccccc3Cl)cnc2c1S(=O)(=O)Cl. The van der Waals surface area contributed by atoms with Crippen LogP contribution in [0.4, 0.5) is 13.2 Å². The number of hydrogen-bond acceptors (Lipinski definition) is 4. The van der Waals surface area contributed by atoms with Crippen LogP contribution in [0.1, 0.15) is 11.3 Å². The average molecular weight is 486 g/mol. The number of rotatable bonds is 3. The van der Waals surface area contributed by atoms with Crippen LogP contribution in [0.25, 0.3) is 28.0 Å². The molecule has 0 aliphatic rings. The number of alkyl halides is 3. The summed E-state index contributed by atoms with van der Waals surface area (Å²) in [5.74, 6) is 0. The summed E-state index contributed by atoms with van der Waals surface area (Å²) in [5.41, 5.74) is 0.931. The molecule has 4 aromatic rings. The van der Waals surface area contributed by atoms with E-state index in [-0.39, 0.29) is 16.2 Å². The fourth-order valence-electron chi connectivity index (χ4n) is 3.33. The minimum atomic E-state index is -4.50. The molecule has 160 valence electrons. The number of hydrogen-bond donors (Lipinski definition) is 0. The fourth-order valence-corrected chi connectivity index (χ4v) is 4.86. The van der Waals surface area contributed by atoms with Crippen molar-refractivity contribution in [1.29, 1.82) is 0 Å². The molecule has 2 aromatic carbocycles. The van der Waals surface area contributed by atoms with Crippen molar-refractivity contribution in [2.24, 2.45) is 0 Å². The molecule has 0 spiro atoms. The number of fused-ring (bicyclic) bond motifs is 1. The van der Waals surface area contributed by atoms with E-state index in [2.05, 4.69) is 10.1 Å². The normalized spacial score (nSPS) is 12.5. The van der Waals surface area contributed by atoms with E-state index in [0.717, 1.165) is 12.1 Å². The van der Waals surface area contributed by atoms with Crippen LogP contribution >= 0.6 is 22.3 Å². The standard InChI is InChI=1S/C20H12Cl2F3N3O2S/c1-11-18(31(22,29)30)19-26-10-15(14-4-2-3-5-16(14)21)17(28(19)27-11)12-6-8-13(9-7-12)20(23,24)25/h2-10H,1H3. The van der Waals surface area contributed by atoms with Crippen LogP contribution in [0.2, 0.25) is 5.02 Å². The Morgan fingerprint density at radius 2 is 1.65 bits per heavy atom. The topological polar surface area (TPSA) is 64.3 Å². The molecule has 2 aromatic heterocycles. The molecule has 0 saturated carbocycles. The lowest BCUT2D eigenvalue weighted by molar-refractivity contribution is -0.137. The summed E-state index contributed by atoms with van der Waals surface area (Å²) in [6, 6.07) is 11.3. The van der Waals surface area contributed by atoms with Gasteiger partial charge in [0.2, 0.25) is 0 Å². The molecule has 0 saturated heterocycles. The van der Waals surface area contributed by atoms with Crippen molar-refractivity contribution in [3.63, 3.8) is 0 Å². The van der Waals surface area contributed by atoms with E-state index in [1.165, 1.54) is 29.8 Å². The average Bonchev–Trinajstić information content (AvgIpc) is 3.03. The second kappa shape index (κ2) is 7.51. The molecule has 0 N–H and O–H groups in total. The molecule has 4 rings (SSSR count). The lowest BCUT2D eigenvalue weighted by atomic mass is 9.99. The van der Waals surface area contributed by atoms with E-state index < -0.39 is 20.8 Å². The van der Waals surface area contributed by atoms with Gasteiger partial charge in [0.05, 0.1) is 17.0 Å². The fraction of sp³-hybridized carbons (Fsp3) is 0.100. The molecular weight excluding hydrogens is 474 g/mol. The molecular formula is C20H12Cl2F3N3O2S. The molecule has 31 heavy (non-hydrogen) atoms. The number of aryl methyl sites for hydroxylation is 1. The van der Waals surface area contributed by atoms with Crippen LogP contribution in [0.15, 0.2) is 59.6 Å². The predicted molar refractivity (Wildman–Crippen MR) is 112 cm³/mol. The zero-order chi connectivity index (χ0) is 22.6. The highest BCUT2D eigenvalue weighted by Gasteiger charge is 2.31. The summed E-state index contributed by atoms with van der Waals surface area (Å²) in [6.07, 6.45) is -3.10. The third-order valence-electron chi connectivity index (χ3n) is 4.66. The molecule has 2 heterocycles. The van der Waals surface area contributed by atoms with Gasteiger partial charge in [-0.3, -0.25) is 0 Å². The highest BCUT2D eigenvalue weighted by molar-refractivity contribution is 8.14. The first-order chi connectivity index (χ1) is 14.5. The van der Waals surface area contributed by atoms with Gasteiger partial charge in [-0.15, -0.1) is 0 Å². The monoisotopic (exact) mass is 485 g/mol. The molecule has 0 unspecified atom stereocenters. The summed E-state index contributed by atoms with van der Waals surface area (Å²) in [6.45, 7) is 1.45. The third kappa shape index (κ3) is 3.88. The van der Waals surface area contributed by atoms with E-state index in [0.29, 0.717) is 27.4 Å². The Hall–Kier alpha value is -2.62. The first kappa shape index (κ1) is 21.6. The Kier molecular flexibility index (Phi) is 5.23. The van der Waals surface area contributed by atoms with Crippen LogP contribution in [0.5, 0.6) is 0 Å². The van der Waals surface area contributed by atoms with E-state index in [9.17, 15) is 21.6 Å². The highest BCUT2D eigenvalue weighted by Crippen LogP contribution is 2.38. The van der Waals surface area contributed by atoms with Gasteiger partial charge in [-0.05, 0) is 25.1 Å². The maximum atomic E-state index is 13.0. The minimum absolute atomic E-state index is 0.0433. The summed E-state index contributed by atoms with van der Waals surface area (Å²) in [4.78, 5) is 3.96. The molecule has 0 aliphatic heterocycles. The molecule has 5 nitrogen and oxygen atoms in total. The van der Waals surface area contributed by atoms with Crippen molar-refractivity contribution >= 4 is 37.0 Å². The largest absolute Gasteiger partial charge is 0.416 e. The van der Waals surface area contributed by atoms with E-state index in [4.69, 9.17) is 22.3 Å². The second-order valence-electron chi connectivity index (χ2n) is 6.66. The molecule has 0 amide bonds. The van der Waals surface area contributed by atoms with E-state index in [1.54, 1.807) is 24.3 Å². The summed E-state index contributed by atoms with van der Waals surface area (Å²) >= 11 is 6.34. The predicted octanol–water partition coefficient (Wildman–Crippen LogP) is 5.97. The van der Waals surface area contributed by atoms with Crippen molar-refractivity contribution in [1.82, 2.24) is 14.6 Å². The van der Waals surface area contributed by atoms with Gasteiger partial charge in [-0.2, -0.15) is 18.3 Å². The lowest BCUT2D eigenvalue weighted by Crippen LogP contribution is -2.05. The van der Waals surface area contributed by atoms with Crippen molar-refractivity contribution in [2.45, 2.75) is 18.0 Å². The van der Waals surface area contributed by atoms with Crippen molar-refractivity contribution in [3.05, 3.63) is 71.0 Å². The van der Waals surface area contributed by atoms with Gasteiger partial charge in [0, 0.05) is 38.6 Å². The van der Waals surface area contributed by atoms with Crippen LogP contribution < -0.4 is 0 Å². The summed E-state index contributed by atoms with van der Waals surface area (Å²) < 4.78 is 64.5. The third-order valence-corrected chi connectivity index (χ3v) is 6.42. The maximum absolute atomic E-state index is 13.0. The smallest absolute Gasteiger partial charge is 0.235 e. The number of benzene rings is 2. The Balaban J connectivity index is 2.09. The molecule has 0 fully saturated rings. The Morgan fingerprint density at radius 3 is 2.23 bits per heavy atom. The van der Waals surface area contributed by atoms with Crippen molar-refractivity contribution in [2.75, 3.05) is 0 Å². The molecule has 0 aliphatic carbocycles. The van der Waals surface area contributed by atoms with Gasteiger partial charge < -0.3 is 0 Å². The van der Waals surface area contributed by atoms with Crippen LogP contribution in [-0.4, -0.2) is 23.0 Å². The first-order valence-electron chi connectivity index (χ1n) is 8.74. The summed E-state index contributed by atoms with van der Waals surface area (Å²) in [5, 5.41) is 4.65. The number of aromatic nitrogens is 3. The first-order valence-corrected chi connectivity index (χ1v) is 11.4. The number of halogens is 5. The Labute approximate surface area is 184 Å². The summed E-state index contributed by atoms with van der Waals surface area (Å²) in [7, 11) is 1.39. The van der Waals surface area contributed by atoms with E-state index in [1.807, 2.05) is 0 Å². The second-order valence-corrected chi connectivity index (χ2v) is 9.57.